The summed E-state index contributed by atoms with van der Waals surface area (Å²) in [5.74, 6) is 0.0773. The van der Waals surface area contributed by atoms with Gasteiger partial charge in [-0.15, -0.1) is 0 Å². The molecule has 4 aromatic rings. The van der Waals surface area contributed by atoms with E-state index >= 15 is 0 Å². The molecule has 0 aliphatic carbocycles. The summed E-state index contributed by atoms with van der Waals surface area (Å²) >= 11 is 0. The molecule has 8 nitrogen and oxygen atoms in total. The Morgan fingerprint density at radius 3 is 2.61 bits per heavy atom. The zero-order valence-corrected chi connectivity index (χ0v) is 16.6. The van der Waals surface area contributed by atoms with Crippen molar-refractivity contribution in [3.63, 3.8) is 0 Å². The van der Waals surface area contributed by atoms with Crippen molar-refractivity contribution in [3.8, 4) is 22.6 Å². The van der Waals surface area contributed by atoms with Gasteiger partial charge in [-0.05, 0) is 30.7 Å². The minimum Gasteiger partial charge on any atom is -0.396 e. The second-order valence-corrected chi connectivity index (χ2v) is 6.84. The molecule has 4 rings (SSSR count). The van der Waals surface area contributed by atoms with E-state index in [0.29, 0.717) is 28.5 Å². The first-order valence-electron chi connectivity index (χ1n) is 9.37. The number of halogens is 1. The Labute approximate surface area is 177 Å². The van der Waals surface area contributed by atoms with Crippen molar-refractivity contribution in [3.05, 3.63) is 77.9 Å². The number of benzene rings is 1. The van der Waals surface area contributed by atoms with Crippen LogP contribution in [-0.4, -0.2) is 30.7 Å². The van der Waals surface area contributed by atoms with E-state index in [2.05, 4.69) is 24.9 Å². The van der Waals surface area contributed by atoms with Gasteiger partial charge in [0.15, 0.2) is 11.6 Å². The molecule has 0 saturated carbocycles. The van der Waals surface area contributed by atoms with Crippen LogP contribution in [0, 0.1) is 12.7 Å². The molecule has 0 amide bonds. The van der Waals surface area contributed by atoms with Crippen molar-refractivity contribution in [2.75, 3.05) is 11.5 Å². The van der Waals surface area contributed by atoms with Crippen LogP contribution in [0.3, 0.4) is 0 Å². The number of nitrogens with two attached hydrogens (primary N) is 2. The van der Waals surface area contributed by atoms with Crippen LogP contribution in [-0.2, 0) is 6.42 Å². The quantitative estimate of drug-likeness (QED) is 0.475. The molecule has 0 aliphatic rings. The second kappa shape index (κ2) is 8.23. The molecule has 3 aromatic heterocycles. The van der Waals surface area contributed by atoms with Crippen molar-refractivity contribution in [2.45, 2.75) is 13.3 Å². The van der Waals surface area contributed by atoms with Gasteiger partial charge in [0, 0.05) is 30.4 Å². The Hall–Kier alpha value is -4.27. The van der Waals surface area contributed by atoms with E-state index in [1.165, 1.54) is 18.3 Å². The predicted octanol–water partition coefficient (Wildman–Crippen LogP) is 3.03. The van der Waals surface area contributed by atoms with Gasteiger partial charge in [0.1, 0.15) is 23.2 Å². The van der Waals surface area contributed by atoms with E-state index in [1.54, 1.807) is 43.6 Å². The molecular formula is C22H18FN7O. The SMILES string of the molecule is Cc1nc(N)cc(-c2ccncc2CC(=O)c2nc(-c3ccccc3F)ncc2N)n1. The summed E-state index contributed by atoms with van der Waals surface area (Å²) in [6, 6.07) is 9.44. The summed E-state index contributed by atoms with van der Waals surface area (Å²) < 4.78 is 14.1. The molecule has 1 aromatic carbocycles. The van der Waals surface area contributed by atoms with Crippen molar-refractivity contribution in [1.29, 1.82) is 0 Å². The third-order valence-corrected chi connectivity index (χ3v) is 4.58. The van der Waals surface area contributed by atoms with Gasteiger partial charge in [-0.1, -0.05) is 12.1 Å². The standard InChI is InChI=1S/C22H18FN7O/c1-12-28-18(9-20(25)29-12)14-6-7-26-10-13(14)8-19(31)21-17(24)11-27-22(30-21)15-4-2-3-5-16(15)23/h2-7,9-11H,8,24H2,1H3,(H2,25,28,29). The molecule has 0 radical (unpaired) electrons. The number of nitrogen functional groups attached to an aromatic ring is 2. The number of pyridine rings is 1. The fourth-order valence-electron chi connectivity index (χ4n) is 3.19. The van der Waals surface area contributed by atoms with Crippen molar-refractivity contribution < 1.29 is 9.18 Å². The molecule has 0 unspecified atom stereocenters. The third kappa shape index (κ3) is 4.20. The summed E-state index contributed by atoms with van der Waals surface area (Å²) in [6.45, 7) is 1.73. The maximum atomic E-state index is 14.1. The van der Waals surface area contributed by atoms with E-state index in [0.717, 1.165) is 0 Å². The maximum absolute atomic E-state index is 14.1. The zero-order valence-electron chi connectivity index (χ0n) is 16.6. The highest BCUT2D eigenvalue weighted by Gasteiger charge is 2.19. The van der Waals surface area contributed by atoms with Gasteiger partial charge >= 0.3 is 0 Å². The number of anilines is 2. The summed E-state index contributed by atoms with van der Waals surface area (Å²) in [7, 11) is 0. The zero-order chi connectivity index (χ0) is 22.0. The molecule has 0 saturated heterocycles. The van der Waals surface area contributed by atoms with E-state index in [-0.39, 0.29) is 35.0 Å². The van der Waals surface area contributed by atoms with Crippen molar-refractivity contribution >= 4 is 17.3 Å². The molecule has 9 heteroatoms. The maximum Gasteiger partial charge on any atom is 0.187 e. The number of nitrogens with zero attached hydrogens (tertiary/aromatic N) is 5. The first-order valence-corrected chi connectivity index (χ1v) is 9.37. The highest BCUT2D eigenvalue weighted by atomic mass is 19.1. The lowest BCUT2D eigenvalue weighted by atomic mass is 10.0. The smallest absolute Gasteiger partial charge is 0.187 e. The Morgan fingerprint density at radius 1 is 1.03 bits per heavy atom. The number of carbonyl (C=O) groups excluding carboxylic acids is 1. The summed E-state index contributed by atoms with van der Waals surface area (Å²) in [4.78, 5) is 34.0. The van der Waals surface area contributed by atoms with Crippen LogP contribution in [0.15, 0.2) is 55.0 Å². The highest BCUT2D eigenvalue weighted by Crippen LogP contribution is 2.25. The lowest BCUT2D eigenvalue weighted by molar-refractivity contribution is 0.0989. The number of Topliss-reactive ketones (excluding diaryl/α,β-unsaturated/α-hetero) is 1. The molecule has 31 heavy (non-hydrogen) atoms. The van der Waals surface area contributed by atoms with Crippen LogP contribution in [0.5, 0.6) is 0 Å². The Balaban J connectivity index is 1.70. The lowest BCUT2D eigenvalue weighted by Crippen LogP contribution is -2.12. The van der Waals surface area contributed by atoms with Gasteiger partial charge in [-0.25, -0.2) is 24.3 Å². The van der Waals surface area contributed by atoms with Gasteiger partial charge in [-0.3, -0.25) is 9.78 Å². The largest absolute Gasteiger partial charge is 0.396 e. The normalized spacial score (nSPS) is 10.8. The fourth-order valence-corrected chi connectivity index (χ4v) is 3.19. The molecule has 154 valence electrons. The first-order chi connectivity index (χ1) is 14.9. The number of hydrogen-bond acceptors (Lipinski definition) is 8. The average Bonchev–Trinajstić information content (AvgIpc) is 2.74. The van der Waals surface area contributed by atoms with Crippen LogP contribution in [0.4, 0.5) is 15.9 Å². The van der Waals surface area contributed by atoms with Gasteiger partial charge in [-0.2, -0.15) is 0 Å². The summed E-state index contributed by atoms with van der Waals surface area (Å²) in [6.07, 6.45) is 4.45. The topological polar surface area (TPSA) is 134 Å². The predicted molar refractivity (Wildman–Crippen MR) is 114 cm³/mol. The van der Waals surface area contributed by atoms with Gasteiger partial charge < -0.3 is 11.5 Å². The van der Waals surface area contributed by atoms with Crippen LogP contribution in [0.1, 0.15) is 21.9 Å². The van der Waals surface area contributed by atoms with Crippen LogP contribution in [0.2, 0.25) is 0 Å². The van der Waals surface area contributed by atoms with E-state index < -0.39 is 5.82 Å². The Morgan fingerprint density at radius 2 is 1.84 bits per heavy atom. The second-order valence-electron chi connectivity index (χ2n) is 6.84. The third-order valence-electron chi connectivity index (χ3n) is 4.58. The van der Waals surface area contributed by atoms with E-state index in [1.807, 2.05) is 0 Å². The number of carbonyl (C=O) groups is 1. The van der Waals surface area contributed by atoms with Gasteiger partial charge in [0.25, 0.3) is 0 Å². The number of rotatable bonds is 5. The fraction of sp³-hybridized carbons (Fsp3) is 0.0909. The number of aryl methyl sites for hydroxylation is 1. The molecule has 0 bridgehead atoms. The molecule has 0 aliphatic heterocycles. The lowest BCUT2D eigenvalue weighted by Gasteiger charge is -2.10. The Kier molecular flexibility index (Phi) is 5.31. The molecule has 0 atom stereocenters. The number of ketones is 1. The van der Waals surface area contributed by atoms with Crippen LogP contribution in [0.25, 0.3) is 22.6 Å². The van der Waals surface area contributed by atoms with Gasteiger partial charge in [0.05, 0.1) is 23.1 Å². The Bertz CT molecular complexity index is 1270. The summed E-state index contributed by atoms with van der Waals surface area (Å²) in [5.41, 5.74) is 14.0. The van der Waals surface area contributed by atoms with E-state index in [4.69, 9.17) is 11.5 Å². The van der Waals surface area contributed by atoms with Crippen molar-refractivity contribution in [2.24, 2.45) is 0 Å². The van der Waals surface area contributed by atoms with E-state index in [9.17, 15) is 9.18 Å². The highest BCUT2D eigenvalue weighted by molar-refractivity contribution is 6.01. The van der Waals surface area contributed by atoms with Crippen LogP contribution >= 0.6 is 0 Å². The molecule has 0 fully saturated rings. The summed E-state index contributed by atoms with van der Waals surface area (Å²) in [5, 5.41) is 0. The van der Waals surface area contributed by atoms with Crippen molar-refractivity contribution in [1.82, 2.24) is 24.9 Å². The monoisotopic (exact) mass is 415 g/mol. The average molecular weight is 415 g/mol. The minimum absolute atomic E-state index is 0.0152. The first kappa shape index (κ1) is 20.0. The van der Waals surface area contributed by atoms with Crippen LogP contribution < -0.4 is 11.5 Å². The number of hydrogen-bond donors (Lipinski definition) is 2. The molecule has 0 spiro atoms. The van der Waals surface area contributed by atoms with Gasteiger partial charge in [0.2, 0.25) is 0 Å². The molecule has 4 N–H and O–H groups in total. The minimum atomic E-state index is -0.489. The molecular weight excluding hydrogens is 397 g/mol. The number of aromatic nitrogens is 5. The molecule has 3 heterocycles.